The van der Waals surface area contributed by atoms with Gasteiger partial charge in [-0.3, -0.25) is 4.90 Å². The topological polar surface area (TPSA) is 192 Å². The zero-order valence-electron chi connectivity index (χ0n) is 26.7. The summed E-state index contributed by atoms with van der Waals surface area (Å²) in [5.74, 6) is 1.90. The van der Waals surface area contributed by atoms with Crippen LogP contribution in [-0.2, 0) is 4.79 Å². The number of aromatic nitrogens is 5. The van der Waals surface area contributed by atoms with Gasteiger partial charge in [-0.1, -0.05) is 12.1 Å². The van der Waals surface area contributed by atoms with Crippen molar-refractivity contribution in [2.75, 3.05) is 57.5 Å². The van der Waals surface area contributed by atoms with E-state index in [1.165, 1.54) is 6.33 Å². The second kappa shape index (κ2) is 16.8. The summed E-state index contributed by atoms with van der Waals surface area (Å²) in [6, 6.07) is 7.87. The Morgan fingerprint density at radius 1 is 1.28 bits per heavy atom. The Morgan fingerprint density at radius 2 is 2.13 bits per heavy atom. The first-order chi connectivity index (χ1) is 22.3. The number of likely N-dealkylation sites (tertiary alicyclic amines) is 1. The van der Waals surface area contributed by atoms with Gasteiger partial charge in [-0.2, -0.15) is 4.99 Å². The molecule has 0 saturated carbocycles. The molecule has 14 nitrogen and oxygen atoms in total. The lowest BCUT2D eigenvalue weighted by Gasteiger charge is -2.14. The zero-order valence-corrected chi connectivity index (χ0v) is 26.7. The number of nitrogens with one attached hydrogen (secondary N) is 4. The maximum Gasteiger partial charge on any atom is 0.251 e. The van der Waals surface area contributed by atoms with Crippen LogP contribution in [-0.4, -0.2) is 100 Å². The first kappa shape index (κ1) is 33.8. The predicted octanol–water partition coefficient (Wildman–Crippen LogP) is 3.01. The molecule has 1 unspecified atom stereocenters. The molecule has 244 valence electrons. The second-order valence-electron chi connectivity index (χ2n) is 10.7. The molecule has 7 N–H and O–H groups in total. The van der Waals surface area contributed by atoms with Gasteiger partial charge < -0.3 is 41.3 Å². The highest BCUT2D eigenvalue weighted by atomic mass is 16.5. The third-order valence-corrected chi connectivity index (χ3v) is 7.32. The lowest BCUT2D eigenvalue weighted by Crippen LogP contribution is -2.26. The van der Waals surface area contributed by atoms with Crippen LogP contribution in [0, 0.1) is 6.92 Å². The molecule has 4 heterocycles. The molecular weight excluding hydrogens is 586 g/mol. The lowest BCUT2D eigenvalue weighted by atomic mass is 10.1. The number of nitrogens with two attached hydrogens (primary N) is 1. The van der Waals surface area contributed by atoms with Gasteiger partial charge in [0.25, 0.3) is 5.95 Å². The van der Waals surface area contributed by atoms with Crippen molar-refractivity contribution in [1.82, 2.24) is 35.1 Å². The fourth-order valence-corrected chi connectivity index (χ4v) is 4.89. The number of anilines is 2. The summed E-state index contributed by atoms with van der Waals surface area (Å²) in [5.41, 5.74) is 11.8. The molecule has 1 atom stereocenters. The van der Waals surface area contributed by atoms with Crippen molar-refractivity contribution >= 4 is 40.5 Å². The number of ether oxygens (including phenoxy) is 1. The van der Waals surface area contributed by atoms with E-state index in [4.69, 9.17) is 15.6 Å². The van der Waals surface area contributed by atoms with E-state index >= 15 is 0 Å². The fourth-order valence-electron chi connectivity index (χ4n) is 4.89. The Bertz CT molecular complexity index is 1650. The highest BCUT2D eigenvalue weighted by Gasteiger charge is 2.24. The number of aliphatic imine (C=N–C) groups is 1. The molecule has 4 aromatic rings. The number of aliphatic hydroxyl groups excluding tert-OH is 1. The van der Waals surface area contributed by atoms with E-state index in [1.54, 1.807) is 18.3 Å². The zero-order chi connectivity index (χ0) is 32.9. The first-order valence-corrected chi connectivity index (χ1v) is 15.2. The number of aliphatic hydroxyl groups is 1. The van der Waals surface area contributed by atoms with Crippen LogP contribution in [0.5, 0.6) is 5.88 Å². The molecule has 3 aromatic heterocycles. The number of para-hydroxylation sites is 1. The van der Waals surface area contributed by atoms with Gasteiger partial charge in [0.2, 0.25) is 5.88 Å². The monoisotopic (exact) mass is 629 g/mol. The minimum absolute atomic E-state index is 0.0649. The van der Waals surface area contributed by atoms with Gasteiger partial charge >= 0.3 is 0 Å². The molecule has 14 heteroatoms. The Balaban J connectivity index is 0.000000216. The van der Waals surface area contributed by atoms with Crippen molar-refractivity contribution < 1.29 is 14.6 Å². The summed E-state index contributed by atoms with van der Waals surface area (Å²) in [6.45, 7) is 6.77. The molecule has 1 aliphatic heterocycles. The predicted molar refractivity (Wildman–Crippen MR) is 181 cm³/mol. The largest absolute Gasteiger partial charge is 0.473 e. The SMILES string of the molecule is CN/C(C)=C\C(N)=N/c1ncc(C)c(-c2c[nH]c3c(NC)cccc23)n1.O=CCN1CCC(Oc2cc(NCCCO)ncn2)C1. The molecule has 46 heavy (non-hydrogen) atoms. The highest BCUT2D eigenvalue weighted by molar-refractivity contribution is 6.01. The number of hydrogen-bond acceptors (Lipinski definition) is 12. The average molecular weight is 630 g/mol. The van der Waals surface area contributed by atoms with Crippen LogP contribution in [0.4, 0.5) is 17.5 Å². The molecule has 0 radical (unpaired) electrons. The van der Waals surface area contributed by atoms with Crippen molar-refractivity contribution in [1.29, 1.82) is 0 Å². The van der Waals surface area contributed by atoms with Crippen LogP contribution in [0.25, 0.3) is 22.2 Å². The number of allylic oxidation sites excluding steroid dienone is 1. The van der Waals surface area contributed by atoms with E-state index < -0.39 is 0 Å². The first-order valence-electron chi connectivity index (χ1n) is 15.2. The van der Waals surface area contributed by atoms with E-state index in [9.17, 15) is 4.79 Å². The number of aldehydes is 1. The quantitative estimate of drug-likeness (QED) is 0.0549. The number of aryl methyl sites for hydroxylation is 1. The minimum atomic E-state index is 0.0649. The van der Waals surface area contributed by atoms with E-state index in [0.29, 0.717) is 43.0 Å². The number of H-pyrrole nitrogens is 1. The Hall–Kier alpha value is -5.08. The van der Waals surface area contributed by atoms with Gasteiger partial charge in [-0.15, -0.1) is 0 Å². The summed E-state index contributed by atoms with van der Waals surface area (Å²) in [5, 5.41) is 19.1. The minimum Gasteiger partial charge on any atom is -0.473 e. The van der Waals surface area contributed by atoms with E-state index in [1.807, 2.05) is 46.3 Å². The van der Waals surface area contributed by atoms with Crippen molar-refractivity contribution in [3.05, 3.63) is 60.3 Å². The standard InChI is InChI=1S/C19H23N7.C13H20N4O3/c1-11-9-24-19(25-16(20)8-12(2)21-3)26-17(11)14-10-23-18-13(14)6-5-7-15(18)22-4;18-6-1-3-14-12-8-13(16-10-15-12)20-11-2-4-17(9-11)5-7-19/h5-10,21-23H,1-4H3,(H2,20,24,25,26);7-8,10-11,18H,1-6,9H2,(H,14,15,16)/b12-8-;. The molecule has 0 amide bonds. The van der Waals surface area contributed by atoms with Gasteiger partial charge in [0.1, 0.15) is 30.4 Å². The molecule has 1 fully saturated rings. The maximum absolute atomic E-state index is 10.5. The van der Waals surface area contributed by atoms with E-state index in [0.717, 1.165) is 64.9 Å². The number of hydrogen-bond donors (Lipinski definition) is 6. The number of amidine groups is 1. The Labute approximate surface area is 268 Å². The molecule has 1 aliphatic rings. The van der Waals surface area contributed by atoms with Gasteiger partial charge in [0.15, 0.2) is 0 Å². The molecule has 1 aromatic carbocycles. The van der Waals surface area contributed by atoms with Crippen LogP contribution in [0.3, 0.4) is 0 Å². The number of rotatable bonds is 13. The van der Waals surface area contributed by atoms with Gasteiger partial charge in [-0.25, -0.2) is 19.9 Å². The van der Waals surface area contributed by atoms with Gasteiger partial charge in [0, 0.05) is 75.4 Å². The number of carbonyl (C=O) groups excluding carboxylic acids is 1. The molecule has 5 rings (SSSR count). The summed E-state index contributed by atoms with van der Waals surface area (Å²) in [7, 11) is 3.73. The van der Waals surface area contributed by atoms with Crippen LogP contribution in [0.1, 0.15) is 25.3 Å². The Kier molecular flexibility index (Phi) is 12.4. The third kappa shape index (κ3) is 9.22. The molecule has 1 saturated heterocycles. The second-order valence-corrected chi connectivity index (χ2v) is 10.7. The smallest absolute Gasteiger partial charge is 0.251 e. The number of nitrogens with zero attached hydrogens (tertiary/aromatic N) is 6. The Morgan fingerprint density at radius 3 is 2.89 bits per heavy atom. The van der Waals surface area contributed by atoms with Crippen molar-refractivity contribution in [3.63, 3.8) is 0 Å². The third-order valence-electron chi connectivity index (χ3n) is 7.32. The molecule has 0 aliphatic carbocycles. The van der Waals surface area contributed by atoms with Crippen molar-refractivity contribution in [3.8, 4) is 17.1 Å². The van der Waals surface area contributed by atoms with Crippen LogP contribution in [0.2, 0.25) is 0 Å². The number of carbonyl (C=O) groups is 1. The van der Waals surface area contributed by atoms with Crippen molar-refractivity contribution in [2.24, 2.45) is 10.7 Å². The lowest BCUT2D eigenvalue weighted by molar-refractivity contribution is -0.108. The average Bonchev–Trinajstić information content (AvgIpc) is 3.69. The highest BCUT2D eigenvalue weighted by Crippen LogP contribution is 2.33. The van der Waals surface area contributed by atoms with Gasteiger partial charge in [0.05, 0.1) is 23.4 Å². The van der Waals surface area contributed by atoms with Gasteiger partial charge in [-0.05, 0) is 44.4 Å². The molecule has 0 spiro atoms. The maximum atomic E-state index is 10.5. The number of aromatic amines is 1. The summed E-state index contributed by atoms with van der Waals surface area (Å²) in [4.78, 5) is 37.2. The van der Waals surface area contributed by atoms with Crippen LogP contribution >= 0.6 is 0 Å². The number of fused-ring (bicyclic) bond motifs is 1. The van der Waals surface area contributed by atoms with E-state index in [2.05, 4.69) is 56.8 Å². The molecular formula is C32H43N11O3. The normalized spacial score (nSPS) is 15.3. The number of benzene rings is 1. The van der Waals surface area contributed by atoms with Crippen molar-refractivity contribution in [2.45, 2.75) is 32.8 Å². The van der Waals surface area contributed by atoms with Crippen LogP contribution < -0.4 is 26.4 Å². The van der Waals surface area contributed by atoms with E-state index in [-0.39, 0.29) is 12.7 Å². The summed E-state index contributed by atoms with van der Waals surface area (Å²) in [6.07, 6.45) is 9.47. The molecule has 0 bridgehead atoms. The fraction of sp³-hybridized carbons (Fsp3) is 0.375. The summed E-state index contributed by atoms with van der Waals surface area (Å²) >= 11 is 0. The summed E-state index contributed by atoms with van der Waals surface area (Å²) < 4.78 is 5.80. The van der Waals surface area contributed by atoms with Crippen LogP contribution in [0.15, 0.2) is 59.8 Å².